The second-order valence-electron chi connectivity index (χ2n) is 8.60. The van der Waals surface area contributed by atoms with Gasteiger partial charge in [-0.2, -0.15) is 26.3 Å². The van der Waals surface area contributed by atoms with Crippen molar-refractivity contribution in [2.45, 2.75) is 49.7 Å². The Labute approximate surface area is 197 Å². The molecular formula is C24H24F7NO3. The molecule has 1 fully saturated rings. The van der Waals surface area contributed by atoms with Crippen molar-refractivity contribution in [2.24, 2.45) is 0 Å². The first kappa shape index (κ1) is 26.9. The molecule has 11 heteroatoms. The number of benzene rings is 2. The molecule has 1 saturated carbocycles. The molecule has 2 aromatic carbocycles. The number of likely N-dealkylation sites (N-methyl/N-ethyl adjacent to an activating group) is 1. The minimum atomic E-state index is -4.93. The van der Waals surface area contributed by atoms with Crippen LogP contribution in [0.15, 0.2) is 42.5 Å². The molecule has 0 aromatic heterocycles. The highest BCUT2D eigenvalue weighted by atomic mass is 19.4. The molecule has 0 spiro atoms. The van der Waals surface area contributed by atoms with Crippen LogP contribution < -0.4 is 0 Å². The number of hydrogen-bond donors (Lipinski definition) is 1. The van der Waals surface area contributed by atoms with Crippen molar-refractivity contribution in [3.05, 3.63) is 70.5 Å². The molecule has 1 aliphatic carbocycles. The second kappa shape index (κ2) is 10.5. The van der Waals surface area contributed by atoms with Gasteiger partial charge in [-0.05, 0) is 67.8 Å². The van der Waals surface area contributed by atoms with Crippen LogP contribution >= 0.6 is 0 Å². The van der Waals surface area contributed by atoms with Crippen molar-refractivity contribution in [1.82, 2.24) is 4.90 Å². The van der Waals surface area contributed by atoms with Crippen LogP contribution in [0.1, 0.15) is 41.0 Å². The number of halogens is 7. The topological polar surface area (TPSA) is 49.8 Å². The van der Waals surface area contributed by atoms with Gasteiger partial charge in [0.15, 0.2) is 0 Å². The van der Waals surface area contributed by atoms with E-state index in [4.69, 9.17) is 9.84 Å². The highest BCUT2D eigenvalue weighted by molar-refractivity contribution is 5.69. The summed E-state index contributed by atoms with van der Waals surface area (Å²) in [5.74, 6) is -1.84. The first-order valence-electron chi connectivity index (χ1n) is 10.8. The number of nitrogens with zero attached hydrogens (tertiary/aromatic N) is 1. The maximum Gasteiger partial charge on any atom is 0.416 e. The zero-order chi connectivity index (χ0) is 26.0. The lowest BCUT2D eigenvalue weighted by atomic mass is 9.91. The Hall–Kier alpha value is -2.66. The van der Waals surface area contributed by atoms with Gasteiger partial charge in [-0.1, -0.05) is 12.1 Å². The Bertz CT molecular complexity index is 989. The Morgan fingerprint density at radius 3 is 2.09 bits per heavy atom. The highest BCUT2D eigenvalue weighted by Gasteiger charge is 2.41. The van der Waals surface area contributed by atoms with E-state index in [1.54, 1.807) is 24.1 Å². The number of carboxylic acid groups (broad SMARTS) is 1. The standard InChI is InChI=1S/C24H24F7NO3/c1-32(13-21(33)34)19-6-7-20(22(19)15-2-4-18(25)5-3-15)35-9-8-14-10-16(23(26,27)28)12-17(11-14)24(29,30)31/h2-5,10-12,19-20,22H,6-9,13H2,1H3,(H,33,34). The third-order valence-corrected chi connectivity index (χ3v) is 6.14. The van der Waals surface area contributed by atoms with E-state index in [-0.39, 0.29) is 43.2 Å². The van der Waals surface area contributed by atoms with Gasteiger partial charge in [0.2, 0.25) is 0 Å². The van der Waals surface area contributed by atoms with Crippen LogP contribution in [-0.2, 0) is 28.3 Å². The van der Waals surface area contributed by atoms with Crippen LogP contribution in [0.2, 0.25) is 0 Å². The maximum atomic E-state index is 13.4. The minimum Gasteiger partial charge on any atom is -0.480 e. The van der Waals surface area contributed by atoms with Crippen LogP contribution in [0.4, 0.5) is 30.7 Å². The SMILES string of the molecule is CN(CC(=O)O)C1CCC(OCCc2cc(C(F)(F)F)cc(C(F)(F)F)c2)C1c1ccc(F)cc1. The van der Waals surface area contributed by atoms with E-state index in [2.05, 4.69) is 0 Å². The lowest BCUT2D eigenvalue weighted by Crippen LogP contribution is -2.39. The average molecular weight is 507 g/mol. The predicted octanol–water partition coefficient (Wildman–Crippen LogP) is 5.75. The van der Waals surface area contributed by atoms with E-state index in [0.717, 1.165) is 0 Å². The zero-order valence-electron chi connectivity index (χ0n) is 18.7. The summed E-state index contributed by atoms with van der Waals surface area (Å²) < 4.78 is 98.0. The van der Waals surface area contributed by atoms with Crippen molar-refractivity contribution in [3.63, 3.8) is 0 Å². The molecule has 2 aromatic rings. The van der Waals surface area contributed by atoms with Crippen LogP contribution in [-0.4, -0.2) is 48.3 Å². The van der Waals surface area contributed by atoms with Crippen molar-refractivity contribution in [3.8, 4) is 0 Å². The van der Waals surface area contributed by atoms with E-state index >= 15 is 0 Å². The van der Waals surface area contributed by atoms with Crippen molar-refractivity contribution in [1.29, 1.82) is 0 Å². The van der Waals surface area contributed by atoms with Gasteiger partial charge in [-0.3, -0.25) is 9.69 Å². The smallest absolute Gasteiger partial charge is 0.416 e. The van der Waals surface area contributed by atoms with E-state index in [0.29, 0.717) is 30.5 Å². The minimum absolute atomic E-state index is 0.0781. The summed E-state index contributed by atoms with van der Waals surface area (Å²) >= 11 is 0. The maximum absolute atomic E-state index is 13.4. The van der Waals surface area contributed by atoms with Crippen molar-refractivity contribution >= 4 is 5.97 Å². The number of carbonyl (C=O) groups is 1. The molecule has 1 N–H and O–H groups in total. The van der Waals surface area contributed by atoms with Gasteiger partial charge in [0.05, 0.1) is 30.4 Å². The number of rotatable bonds is 8. The molecule has 4 nitrogen and oxygen atoms in total. The zero-order valence-corrected chi connectivity index (χ0v) is 18.7. The number of ether oxygens (including phenoxy) is 1. The van der Waals surface area contributed by atoms with Gasteiger partial charge in [0.1, 0.15) is 5.82 Å². The van der Waals surface area contributed by atoms with E-state index in [1.807, 2.05) is 0 Å². The highest BCUT2D eigenvalue weighted by Crippen LogP contribution is 2.40. The van der Waals surface area contributed by atoms with E-state index in [9.17, 15) is 35.5 Å². The van der Waals surface area contributed by atoms with Crippen LogP contribution in [0.5, 0.6) is 0 Å². The molecule has 192 valence electrons. The molecule has 0 heterocycles. The molecule has 3 atom stereocenters. The van der Waals surface area contributed by atoms with Crippen molar-refractivity contribution < 1.29 is 45.4 Å². The Balaban J connectivity index is 1.78. The second-order valence-corrected chi connectivity index (χ2v) is 8.60. The predicted molar refractivity (Wildman–Crippen MR) is 112 cm³/mol. The van der Waals surface area contributed by atoms with E-state index < -0.39 is 41.4 Å². The number of aliphatic carboxylic acids is 1. The summed E-state index contributed by atoms with van der Waals surface area (Å²) in [6.45, 7) is -0.379. The fraction of sp³-hybridized carbons (Fsp3) is 0.458. The summed E-state index contributed by atoms with van der Waals surface area (Å²) in [6, 6.07) is 6.82. The molecular weight excluding hydrogens is 483 g/mol. The summed E-state index contributed by atoms with van der Waals surface area (Å²) in [5.41, 5.74) is -2.23. The van der Waals surface area contributed by atoms with Gasteiger partial charge in [-0.15, -0.1) is 0 Å². The van der Waals surface area contributed by atoms with Crippen LogP contribution in [0.25, 0.3) is 0 Å². The lowest BCUT2D eigenvalue weighted by Gasteiger charge is -2.31. The monoisotopic (exact) mass is 507 g/mol. The van der Waals surface area contributed by atoms with Crippen LogP contribution in [0.3, 0.4) is 0 Å². The van der Waals surface area contributed by atoms with Gasteiger partial charge in [0.25, 0.3) is 0 Å². The van der Waals surface area contributed by atoms with Gasteiger partial charge in [0, 0.05) is 12.0 Å². The Kier molecular flexibility index (Phi) is 8.10. The molecule has 0 amide bonds. The Morgan fingerprint density at radius 2 is 1.57 bits per heavy atom. The summed E-state index contributed by atoms with van der Waals surface area (Å²) in [4.78, 5) is 12.8. The van der Waals surface area contributed by atoms with Gasteiger partial charge < -0.3 is 9.84 Å². The lowest BCUT2D eigenvalue weighted by molar-refractivity contribution is -0.143. The summed E-state index contributed by atoms with van der Waals surface area (Å²) in [5, 5.41) is 9.15. The van der Waals surface area contributed by atoms with Gasteiger partial charge in [-0.25, -0.2) is 4.39 Å². The molecule has 35 heavy (non-hydrogen) atoms. The largest absolute Gasteiger partial charge is 0.480 e. The van der Waals surface area contributed by atoms with Crippen LogP contribution in [0, 0.1) is 5.82 Å². The molecule has 1 aliphatic rings. The molecule has 3 unspecified atom stereocenters. The number of carboxylic acids is 1. The molecule has 0 saturated heterocycles. The summed E-state index contributed by atoms with van der Waals surface area (Å²) in [6.07, 6.45) is -9.48. The van der Waals surface area contributed by atoms with Gasteiger partial charge >= 0.3 is 18.3 Å². The Morgan fingerprint density at radius 1 is 1.00 bits per heavy atom. The van der Waals surface area contributed by atoms with E-state index in [1.165, 1.54) is 12.1 Å². The van der Waals surface area contributed by atoms with Crippen molar-refractivity contribution in [2.75, 3.05) is 20.2 Å². The first-order chi connectivity index (χ1) is 16.3. The first-order valence-corrected chi connectivity index (χ1v) is 10.8. The molecule has 0 bridgehead atoms. The third kappa shape index (κ3) is 6.94. The third-order valence-electron chi connectivity index (χ3n) is 6.14. The molecule has 0 aliphatic heterocycles. The normalized spacial score (nSPS) is 21.0. The number of alkyl halides is 6. The fourth-order valence-electron chi connectivity index (χ4n) is 4.57. The quantitative estimate of drug-likeness (QED) is 0.462. The fourth-order valence-corrected chi connectivity index (χ4v) is 4.57. The number of hydrogen-bond acceptors (Lipinski definition) is 3. The average Bonchev–Trinajstić information content (AvgIpc) is 3.16. The molecule has 0 radical (unpaired) electrons. The molecule has 3 rings (SSSR count). The summed E-state index contributed by atoms with van der Waals surface area (Å²) in [7, 11) is 1.64.